The molecule has 0 fully saturated rings. The van der Waals surface area contributed by atoms with Crippen LogP contribution in [0.5, 0.6) is 0 Å². The second-order valence-electron chi connectivity index (χ2n) is 6.66. The molecule has 1 atom stereocenters. The molecular formula is C16H29NO2. The van der Waals surface area contributed by atoms with Crippen molar-refractivity contribution < 1.29 is 9.15 Å². The topological polar surface area (TPSA) is 34.4 Å². The molecule has 1 rings (SSSR count). The highest BCUT2D eigenvalue weighted by Crippen LogP contribution is 2.18. The Balaban J connectivity index is 2.54. The summed E-state index contributed by atoms with van der Waals surface area (Å²) >= 11 is 0. The molecule has 1 aromatic rings. The van der Waals surface area contributed by atoms with Crippen LogP contribution in [-0.2, 0) is 17.9 Å². The molecule has 3 heteroatoms. The van der Waals surface area contributed by atoms with Gasteiger partial charge in [-0.1, -0.05) is 13.8 Å². The average Bonchev–Trinajstić information content (AvgIpc) is 2.63. The lowest BCUT2D eigenvalue weighted by Gasteiger charge is -2.19. The first-order chi connectivity index (χ1) is 8.69. The van der Waals surface area contributed by atoms with Gasteiger partial charge in [-0.3, -0.25) is 0 Å². The van der Waals surface area contributed by atoms with E-state index in [1.165, 1.54) is 0 Å². The zero-order valence-corrected chi connectivity index (χ0v) is 13.5. The molecule has 0 aliphatic rings. The first-order valence-electron chi connectivity index (χ1n) is 7.14. The van der Waals surface area contributed by atoms with Crippen LogP contribution in [0.1, 0.15) is 58.6 Å². The summed E-state index contributed by atoms with van der Waals surface area (Å²) < 4.78 is 11.6. The van der Waals surface area contributed by atoms with E-state index < -0.39 is 0 Å². The fourth-order valence-electron chi connectivity index (χ4n) is 1.58. The minimum absolute atomic E-state index is 0.101. The second kappa shape index (κ2) is 6.58. The molecular weight excluding hydrogens is 238 g/mol. The van der Waals surface area contributed by atoms with E-state index >= 15 is 0 Å². The van der Waals surface area contributed by atoms with Crippen LogP contribution in [0.2, 0.25) is 0 Å². The van der Waals surface area contributed by atoms with Crippen molar-refractivity contribution in [2.75, 3.05) is 0 Å². The Bertz CT molecular complexity index is 388. The number of hydrogen-bond donors (Lipinski definition) is 1. The first-order valence-corrected chi connectivity index (χ1v) is 7.14. The van der Waals surface area contributed by atoms with Gasteiger partial charge in [0.15, 0.2) is 0 Å². The Morgan fingerprint density at radius 2 is 1.89 bits per heavy atom. The van der Waals surface area contributed by atoms with E-state index in [4.69, 9.17) is 9.15 Å². The molecule has 19 heavy (non-hydrogen) atoms. The highest BCUT2D eigenvalue weighted by molar-refractivity contribution is 5.20. The molecule has 0 bridgehead atoms. The van der Waals surface area contributed by atoms with Gasteiger partial charge in [-0.05, 0) is 46.6 Å². The molecule has 110 valence electrons. The Morgan fingerprint density at radius 3 is 2.42 bits per heavy atom. The van der Waals surface area contributed by atoms with E-state index in [1.54, 1.807) is 0 Å². The molecule has 0 spiro atoms. The van der Waals surface area contributed by atoms with E-state index in [-0.39, 0.29) is 11.6 Å². The number of rotatable bonds is 6. The van der Waals surface area contributed by atoms with E-state index in [9.17, 15) is 0 Å². The third-order valence-corrected chi connectivity index (χ3v) is 3.31. The molecule has 1 heterocycles. The summed E-state index contributed by atoms with van der Waals surface area (Å²) in [5.74, 6) is 2.47. The minimum atomic E-state index is 0.101. The van der Waals surface area contributed by atoms with Crippen molar-refractivity contribution in [2.45, 2.75) is 73.3 Å². The number of nitrogens with one attached hydrogen (secondary N) is 1. The van der Waals surface area contributed by atoms with Gasteiger partial charge in [-0.15, -0.1) is 0 Å². The van der Waals surface area contributed by atoms with Gasteiger partial charge in [0.05, 0.1) is 19.3 Å². The Labute approximate surface area is 117 Å². The lowest BCUT2D eigenvalue weighted by atomic mass is 10.1. The fourth-order valence-corrected chi connectivity index (χ4v) is 1.58. The van der Waals surface area contributed by atoms with E-state index in [2.05, 4.69) is 52.9 Å². The summed E-state index contributed by atoms with van der Waals surface area (Å²) in [6.07, 6.45) is 0.269. The molecule has 1 unspecified atom stereocenters. The maximum Gasteiger partial charge on any atom is 0.118 e. The van der Waals surface area contributed by atoms with Crippen molar-refractivity contribution in [1.82, 2.24) is 5.32 Å². The summed E-state index contributed by atoms with van der Waals surface area (Å²) in [5, 5.41) is 3.43. The van der Waals surface area contributed by atoms with E-state index in [1.807, 2.05) is 6.92 Å². The van der Waals surface area contributed by atoms with Gasteiger partial charge in [-0.2, -0.15) is 0 Å². The smallest absolute Gasteiger partial charge is 0.118 e. The summed E-state index contributed by atoms with van der Waals surface area (Å²) in [6, 6.07) is 2.10. The van der Waals surface area contributed by atoms with Crippen molar-refractivity contribution >= 4 is 0 Å². The predicted molar refractivity (Wildman–Crippen MR) is 79.1 cm³/mol. The van der Waals surface area contributed by atoms with Gasteiger partial charge < -0.3 is 14.5 Å². The molecule has 0 aromatic carbocycles. The van der Waals surface area contributed by atoms with Crippen LogP contribution in [0.15, 0.2) is 10.5 Å². The fraction of sp³-hybridized carbons (Fsp3) is 0.750. The monoisotopic (exact) mass is 267 g/mol. The van der Waals surface area contributed by atoms with Crippen LogP contribution in [0.3, 0.4) is 0 Å². The van der Waals surface area contributed by atoms with Crippen LogP contribution >= 0.6 is 0 Å². The Morgan fingerprint density at radius 1 is 1.26 bits per heavy atom. The summed E-state index contributed by atoms with van der Waals surface area (Å²) in [6.45, 7) is 16.3. The molecule has 0 saturated heterocycles. The maximum atomic E-state index is 5.85. The van der Waals surface area contributed by atoms with Crippen molar-refractivity contribution in [3.63, 3.8) is 0 Å². The predicted octanol–water partition coefficient (Wildman–Crippen LogP) is 4.04. The van der Waals surface area contributed by atoms with Gasteiger partial charge in [0.1, 0.15) is 11.5 Å². The van der Waals surface area contributed by atoms with Crippen LogP contribution in [0, 0.1) is 12.8 Å². The van der Waals surface area contributed by atoms with Gasteiger partial charge in [0, 0.05) is 11.1 Å². The molecule has 0 aliphatic heterocycles. The number of ether oxygens (including phenoxy) is 1. The zero-order chi connectivity index (χ0) is 14.6. The van der Waals surface area contributed by atoms with Crippen molar-refractivity contribution in [3.05, 3.63) is 23.2 Å². The Kier molecular flexibility index (Phi) is 5.63. The Hall–Kier alpha value is -0.800. The molecule has 0 saturated carbocycles. The number of furan rings is 1. The van der Waals surface area contributed by atoms with Crippen LogP contribution in [0.4, 0.5) is 0 Å². The van der Waals surface area contributed by atoms with Crippen LogP contribution in [0.25, 0.3) is 0 Å². The van der Waals surface area contributed by atoms with E-state index in [0.717, 1.165) is 23.6 Å². The summed E-state index contributed by atoms with van der Waals surface area (Å²) in [7, 11) is 0. The lowest BCUT2D eigenvalue weighted by Crippen LogP contribution is -2.34. The zero-order valence-electron chi connectivity index (χ0n) is 13.5. The first kappa shape index (κ1) is 16.3. The maximum absolute atomic E-state index is 5.85. The minimum Gasteiger partial charge on any atom is -0.465 e. The molecule has 0 aliphatic carbocycles. The molecule has 0 amide bonds. The highest BCUT2D eigenvalue weighted by Gasteiger charge is 2.14. The van der Waals surface area contributed by atoms with Crippen molar-refractivity contribution in [2.24, 2.45) is 5.92 Å². The average molecular weight is 267 g/mol. The normalized spacial score (nSPS) is 14.1. The van der Waals surface area contributed by atoms with Gasteiger partial charge >= 0.3 is 0 Å². The summed E-state index contributed by atoms with van der Waals surface area (Å²) in [4.78, 5) is 0. The van der Waals surface area contributed by atoms with Crippen molar-refractivity contribution in [1.29, 1.82) is 0 Å². The number of aryl methyl sites for hydroxylation is 1. The quantitative estimate of drug-likeness (QED) is 0.844. The SMILES string of the molecule is Cc1oc(CNC(C)(C)C)cc1COC(C)C(C)C. The largest absolute Gasteiger partial charge is 0.465 e. The third-order valence-electron chi connectivity index (χ3n) is 3.31. The highest BCUT2D eigenvalue weighted by atomic mass is 16.5. The van der Waals surface area contributed by atoms with Gasteiger partial charge in [-0.25, -0.2) is 0 Å². The third kappa shape index (κ3) is 5.79. The standard InChI is InChI=1S/C16H29NO2/c1-11(2)12(3)18-10-14-8-15(19-13(14)4)9-17-16(5,6)7/h8,11-12,17H,9-10H2,1-7H3. The van der Waals surface area contributed by atoms with E-state index in [0.29, 0.717) is 12.5 Å². The number of hydrogen-bond acceptors (Lipinski definition) is 3. The second-order valence-corrected chi connectivity index (χ2v) is 6.66. The lowest BCUT2D eigenvalue weighted by molar-refractivity contribution is 0.0230. The molecule has 0 radical (unpaired) electrons. The van der Waals surface area contributed by atoms with Gasteiger partial charge in [0.2, 0.25) is 0 Å². The van der Waals surface area contributed by atoms with Crippen LogP contribution < -0.4 is 5.32 Å². The molecule has 1 N–H and O–H groups in total. The molecule has 3 nitrogen and oxygen atoms in total. The summed E-state index contributed by atoms with van der Waals surface area (Å²) in [5.41, 5.74) is 1.25. The van der Waals surface area contributed by atoms with Gasteiger partial charge in [0.25, 0.3) is 0 Å². The van der Waals surface area contributed by atoms with Crippen molar-refractivity contribution in [3.8, 4) is 0 Å². The van der Waals surface area contributed by atoms with Crippen LogP contribution in [-0.4, -0.2) is 11.6 Å². The molecule has 1 aromatic heterocycles.